The number of hydrogen-bond acceptors (Lipinski definition) is 0. The highest BCUT2D eigenvalue weighted by Crippen LogP contribution is 2.24. The minimum Gasteiger partial charge on any atom is -0.207 e. The lowest BCUT2D eigenvalue weighted by Crippen LogP contribution is -1.89. The van der Waals surface area contributed by atoms with Gasteiger partial charge in [0.25, 0.3) is 0 Å². The van der Waals surface area contributed by atoms with Crippen LogP contribution in [0.5, 0.6) is 0 Å². The first-order chi connectivity index (χ1) is 8.20. The molecule has 0 bridgehead atoms. The molecular weight excluding hydrogens is 218 g/mol. The zero-order valence-corrected chi connectivity index (χ0v) is 9.71. The average molecular weight is 232 g/mol. The number of halogens is 2. The van der Waals surface area contributed by atoms with E-state index in [4.69, 9.17) is 0 Å². The molecule has 0 saturated heterocycles. The molecule has 0 heterocycles. The molecule has 0 atom stereocenters. The van der Waals surface area contributed by atoms with E-state index in [-0.39, 0.29) is 11.6 Å². The maximum absolute atomic E-state index is 13.7. The Morgan fingerprint density at radius 1 is 0.941 bits per heavy atom. The first kappa shape index (κ1) is 11.8. The summed E-state index contributed by atoms with van der Waals surface area (Å²) in [4.78, 5) is 0. The maximum atomic E-state index is 13.7. The van der Waals surface area contributed by atoms with E-state index in [0.29, 0.717) is 11.1 Å². The largest absolute Gasteiger partial charge is 0.207 e. The van der Waals surface area contributed by atoms with Gasteiger partial charge in [0, 0.05) is 5.56 Å². The smallest absolute Gasteiger partial charge is 0.131 e. The van der Waals surface area contributed by atoms with Crippen LogP contribution in [0.15, 0.2) is 42.5 Å². The highest BCUT2D eigenvalue weighted by molar-refractivity contribution is 5.64. The third-order valence-electron chi connectivity index (χ3n) is 2.72. The van der Waals surface area contributed by atoms with Crippen molar-refractivity contribution < 1.29 is 8.78 Å². The molecule has 2 heteroatoms. The summed E-state index contributed by atoms with van der Waals surface area (Å²) in [6.45, 7) is 2.08. The first-order valence-corrected chi connectivity index (χ1v) is 5.75. The van der Waals surface area contributed by atoms with E-state index in [2.05, 4.69) is 6.92 Å². The fraction of sp³-hybridized carbons (Fsp3) is 0.200. The predicted molar refractivity (Wildman–Crippen MR) is 65.8 cm³/mol. The molecule has 2 aromatic carbocycles. The maximum Gasteiger partial charge on any atom is 0.131 e. The molecule has 0 aliphatic heterocycles. The van der Waals surface area contributed by atoms with Crippen LogP contribution in [0.3, 0.4) is 0 Å². The van der Waals surface area contributed by atoms with Crippen LogP contribution in [-0.4, -0.2) is 0 Å². The molecule has 0 amide bonds. The molecule has 0 radical (unpaired) electrons. The van der Waals surface area contributed by atoms with E-state index >= 15 is 0 Å². The molecule has 0 aromatic heterocycles. The third kappa shape index (κ3) is 2.70. The number of rotatable bonds is 3. The van der Waals surface area contributed by atoms with Crippen LogP contribution in [0, 0.1) is 11.6 Å². The van der Waals surface area contributed by atoms with Crippen LogP contribution in [0.1, 0.15) is 18.9 Å². The summed E-state index contributed by atoms with van der Waals surface area (Å²) in [5.74, 6) is -0.574. The van der Waals surface area contributed by atoms with E-state index in [0.717, 1.165) is 18.4 Å². The van der Waals surface area contributed by atoms with Crippen molar-refractivity contribution in [3.63, 3.8) is 0 Å². The summed E-state index contributed by atoms with van der Waals surface area (Å²) in [7, 11) is 0. The first-order valence-electron chi connectivity index (χ1n) is 5.75. The Kier molecular flexibility index (Phi) is 3.52. The Labute approximate surface area is 99.9 Å². The summed E-state index contributed by atoms with van der Waals surface area (Å²) < 4.78 is 26.5. The molecule has 0 N–H and O–H groups in total. The Morgan fingerprint density at radius 2 is 1.65 bits per heavy atom. The minimum absolute atomic E-state index is 0.267. The summed E-state index contributed by atoms with van der Waals surface area (Å²) >= 11 is 0. The molecule has 0 nitrogen and oxygen atoms in total. The molecule has 0 aliphatic carbocycles. The number of hydrogen-bond donors (Lipinski definition) is 0. The number of aryl methyl sites for hydroxylation is 1. The Bertz CT molecular complexity index is 501. The van der Waals surface area contributed by atoms with Gasteiger partial charge in [0.05, 0.1) is 0 Å². The van der Waals surface area contributed by atoms with Gasteiger partial charge in [-0.2, -0.15) is 0 Å². The van der Waals surface area contributed by atoms with Crippen LogP contribution in [0.4, 0.5) is 8.78 Å². The van der Waals surface area contributed by atoms with Gasteiger partial charge in [0.15, 0.2) is 0 Å². The van der Waals surface area contributed by atoms with Crippen molar-refractivity contribution in [1.82, 2.24) is 0 Å². The van der Waals surface area contributed by atoms with Gasteiger partial charge in [-0.05, 0) is 41.8 Å². The van der Waals surface area contributed by atoms with Crippen LogP contribution in [0.2, 0.25) is 0 Å². The van der Waals surface area contributed by atoms with E-state index < -0.39 is 0 Å². The molecule has 0 aliphatic rings. The monoisotopic (exact) mass is 232 g/mol. The second kappa shape index (κ2) is 5.09. The lowest BCUT2D eigenvalue weighted by atomic mass is 10.0. The van der Waals surface area contributed by atoms with Crippen molar-refractivity contribution in [2.75, 3.05) is 0 Å². The van der Waals surface area contributed by atoms with Crippen molar-refractivity contribution in [3.8, 4) is 11.1 Å². The normalized spacial score (nSPS) is 10.5. The predicted octanol–water partition coefficient (Wildman–Crippen LogP) is 4.58. The zero-order chi connectivity index (χ0) is 12.3. The molecule has 0 unspecified atom stereocenters. The second-order valence-corrected chi connectivity index (χ2v) is 4.07. The molecule has 0 saturated carbocycles. The quantitative estimate of drug-likeness (QED) is 0.726. The molecular formula is C15H14F2. The van der Waals surface area contributed by atoms with E-state index in [1.54, 1.807) is 18.2 Å². The van der Waals surface area contributed by atoms with Gasteiger partial charge in [-0.25, -0.2) is 8.78 Å². The van der Waals surface area contributed by atoms with Gasteiger partial charge in [0.1, 0.15) is 11.6 Å². The van der Waals surface area contributed by atoms with Crippen molar-refractivity contribution in [3.05, 3.63) is 59.7 Å². The molecule has 2 aromatic rings. The van der Waals surface area contributed by atoms with Crippen molar-refractivity contribution in [1.29, 1.82) is 0 Å². The van der Waals surface area contributed by atoms with Gasteiger partial charge in [0.2, 0.25) is 0 Å². The summed E-state index contributed by atoms with van der Waals surface area (Å²) in [5, 5.41) is 0. The average Bonchev–Trinajstić information content (AvgIpc) is 2.33. The van der Waals surface area contributed by atoms with Crippen LogP contribution in [-0.2, 0) is 6.42 Å². The molecule has 0 spiro atoms. The second-order valence-electron chi connectivity index (χ2n) is 4.07. The number of benzene rings is 2. The standard InChI is InChI=1S/C15H14F2/c1-2-3-11-4-9-15(17)14(10-11)12-5-7-13(16)8-6-12/h4-10H,2-3H2,1H3. The molecule has 88 valence electrons. The zero-order valence-electron chi connectivity index (χ0n) is 9.71. The highest BCUT2D eigenvalue weighted by Gasteiger charge is 2.06. The highest BCUT2D eigenvalue weighted by atomic mass is 19.1. The van der Waals surface area contributed by atoms with Crippen LogP contribution >= 0.6 is 0 Å². The van der Waals surface area contributed by atoms with Crippen LogP contribution in [0.25, 0.3) is 11.1 Å². The van der Waals surface area contributed by atoms with E-state index in [9.17, 15) is 8.78 Å². The topological polar surface area (TPSA) is 0 Å². The lowest BCUT2D eigenvalue weighted by molar-refractivity contribution is 0.625. The Hall–Kier alpha value is -1.70. The Balaban J connectivity index is 2.42. The summed E-state index contributed by atoms with van der Waals surface area (Å²) in [6.07, 6.45) is 1.95. The third-order valence-corrected chi connectivity index (χ3v) is 2.72. The van der Waals surface area contributed by atoms with Gasteiger partial charge in [-0.1, -0.05) is 31.5 Å². The lowest BCUT2D eigenvalue weighted by Gasteiger charge is -2.06. The Morgan fingerprint density at radius 3 is 2.29 bits per heavy atom. The van der Waals surface area contributed by atoms with Crippen molar-refractivity contribution in [2.24, 2.45) is 0 Å². The minimum atomic E-state index is -0.307. The van der Waals surface area contributed by atoms with Gasteiger partial charge in [-0.15, -0.1) is 0 Å². The van der Waals surface area contributed by atoms with Crippen molar-refractivity contribution >= 4 is 0 Å². The van der Waals surface area contributed by atoms with E-state index in [1.165, 1.54) is 18.2 Å². The van der Waals surface area contributed by atoms with Crippen molar-refractivity contribution in [2.45, 2.75) is 19.8 Å². The molecule has 0 fully saturated rings. The van der Waals surface area contributed by atoms with Gasteiger partial charge in [-0.3, -0.25) is 0 Å². The molecule has 17 heavy (non-hydrogen) atoms. The summed E-state index contributed by atoms with van der Waals surface area (Å²) in [5.41, 5.74) is 2.35. The van der Waals surface area contributed by atoms with E-state index in [1.807, 2.05) is 6.07 Å². The SMILES string of the molecule is CCCc1ccc(F)c(-c2ccc(F)cc2)c1. The fourth-order valence-electron chi connectivity index (χ4n) is 1.87. The van der Waals surface area contributed by atoms with Gasteiger partial charge >= 0.3 is 0 Å². The molecule has 2 rings (SSSR count). The summed E-state index contributed by atoms with van der Waals surface area (Å²) in [6, 6.07) is 11.0. The van der Waals surface area contributed by atoms with Gasteiger partial charge < -0.3 is 0 Å². The van der Waals surface area contributed by atoms with Crippen LogP contribution < -0.4 is 0 Å². The fourth-order valence-corrected chi connectivity index (χ4v) is 1.87.